The number of nitrogens with zero attached hydrogens (tertiary/aromatic N) is 3. The Morgan fingerprint density at radius 1 is 1.40 bits per heavy atom. The summed E-state index contributed by atoms with van der Waals surface area (Å²) in [6, 6.07) is 4.91. The summed E-state index contributed by atoms with van der Waals surface area (Å²) in [7, 11) is 1.26. The second kappa shape index (κ2) is 8.47. The fourth-order valence-electron chi connectivity index (χ4n) is 4.01. The van der Waals surface area contributed by atoms with Gasteiger partial charge < -0.3 is 14.6 Å². The number of hydrogen-bond donors (Lipinski definition) is 1. The molecule has 3 aromatic rings. The molecule has 30 heavy (non-hydrogen) atoms. The first-order chi connectivity index (χ1) is 14.5. The Hall–Kier alpha value is -2.87. The number of aromatic nitrogens is 3. The molecule has 1 aromatic carbocycles. The fraction of sp³-hybridized carbons (Fsp3) is 0.381. The highest BCUT2D eigenvalue weighted by Crippen LogP contribution is 2.36. The summed E-state index contributed by atoms with van der Waals surface area (Å²) in [6.45, 7) is 1.60. The molecule has 1 aliphatic heterocycles. The third-order valence-corrected chi connectivity index (χ3v) is 5.88. The second-order valence-corrected chi connectivity index (χ2v) is 7.83. The number of fused-ring (bicyclic) bond motifs is 1. The Labute approximate surface area is 177 Å². The van der Waals surface area contributed by atoms with Gasteiger partial charge in [-0.25, -0.2) is 9.18 Å². The zero-order valence-electron chi connectivity index (χ0n) is 16.5. The van der Waals surface area contributed by atoms with E-state index in [0.29, 0.717) is 42.0 Å². The van der Waals surface area contributed by atoms with Gasteiger partial charge in [-0.1, -0.05) is 11.6 Å². The first-order valence-electron chi connectivity index (χ1n) is 9.82. The summed E-state index contributed by atoms with van der Waals surface area (Å²) in [6.07, 6.45) is 5.38. The maximum absolute atomic E-state index is 15.3. The Morgan fingerprint density at radius 2 is 2.23 bits per heavy atom. The minimum atomic E-state index is -0.588. The Kier molecular flexibility index (Phi) is 5.76. The van der Waals surface area contributed by atoms with Crippen LogP contribution in [0.25, 0.3) is 10.9 Å². The third-order valence-electron chi connectivity index (χ3n) is 5.56. The number of ether oxygens (including phenoxy) is 1. The van der Waals surface area contributed by atoms with Gasteiger partial charge in [0.15, 0.2) is 5.82 Å². The number of nitrogens with one attached hydrogen (secondary N) is 1. The van der Waals surface area contributed by atoms with E-state index in [9.17, 15) is 9.59 Å². The van der Waals surface area contributed by atoms with E-state index in [1.807, 2.05) is 12.3 Å². The molecule has 0 radical (unpaired) electrons. The van der Waals surface area contributed by atoms with Gasteiger partial charge in [-0.05, 0) is 36.6 Å². The van der Waals surface area contributed by atoms with Crippen molar-refractivity contribution in [3.8, 4) is 0 Å². The molecule has 1 atom stereocenters. The van der Waals surface area contributed by atoms with Crippen molar-refractivity contribution in [3.63, 3.8) is 0 Å². The number of halogens is 2. The van der Waals surface area contributed by atoms with Crippen LogP contribution in [0.15, 0.2) is 30.6 Å². The molecule has 1 unspecified atom stereocenters. The summed E-state index contributed by atoms with van der Waals surface area (Å²) >= 11 is 6.39. The monoisotopic (exact) mass is 432 g/mol. The van der Waals surface area contributed by atoms with E-state index in [-0.39, 0.29) is 23.0 Å². The number of rotatable bonds is 5. The number of H-pyrrole nitrogens is 1. The molecule has 2 aromatic heterocycles. The first kappa shape index (κ1) is 20.4. The van der Waals surface area contributed by atoms with Gasteiger partial charge in [0, 0.05) is 49.8 Å². The zero-order chi connectivity index (χ0) is 21.3. The van der Waals surface area contributed by atoms with Gasteiger partial charge in [0.05, 0.1) is 17.6 Å². The SMILES string of the molecule is COC(=O)c1cc2c(Cl)cc(C3CCCN(C(=O)CCn4cccn4)C3)c(F)c2[nH]1. The maximum atomic E-state index is 15.3. The normalized spacial score (nSPS) is 16.8. The Balaban J connectivity index is 1.54. The summed E-state index contributed by atoms with van der Waals surface area (Å²) in [5, 5.41) is 4.90. The van der Waals surface area contributed by atoms with E-state index in [4.69, 9.17) is 16.3 Å². The number of piperidine rings is 1. The molecule has 9 heteroatoms. The highest BCUT2D eigenvalue weighted by atomic mass is 35.5. The topological polar surface area (TPSA) is 80.2 Å². The number of hydrogen-bond acceptors (Lipinski definition) is 4. The average molecular weight is 433 g/mol. The van der Waals surface area contributed by atoms with E-state index >= 15 is 4.39 Å². The summed E-state index contributed by atoms with van der Waals surface area (Å²) in [5.41, 5.74) is 0.778. The van der Waals surface area contributed by atoms with E-state index < -0.39 is 11.8 Å². The van der Waals surface area contributed by atoms with Crippen molar-refractivity contribution in [1.29, 1.82) is 0 Å². The molecule has 0 aliphatic carbocycles. The second-order valence-electron chi connectivity index (χ2n) is 7.42. The highest BCUT2D eigenvalue weighted by Gasteiger charge is 2.28. The molecule has 0 spiro atoms. The zero-order valence-corrected chi connectivity index (χ0v) is 17.3. The number of carbonyl (C=O) groups excluding carboxylic acids is 2. The van der Waals surface area contributed by atoms with Gasteiger partial charge in [0.25, 0.3) is 0 Å². The number of esters is 1. The maximum Gasteiger partial charge on any atom is 0.354 e. The van der Waals surface area contributed by atoms with Crippen LogP contribution in [0.2, 0.25) is 5.02 Å². The Bertz CT molecular complexity index is 1080. The van der Waals surface area contributed by atoms with Gasteiger partial charge >= 0.3 is 5.97 Å². The van der Waals surface area contributed by atoms with E-state index in [0.717, 1.165) is 12.8 Å². The minimum Gasteiger partial charge on any atom is -0.464 e. The van der Waals surface area contributed by atoms with Crippen LogP contribution in [0.5, 0.6) is 0 Å². The van der Waals surface area contributed by atoms with E-state index in [2.05, 4.69) is 10.1 Å². The predicted octanol–water partition coefficient (Wildman–Crippen LogP) is 3.74. The number of carbonyl (C=O) groups is 2. The standard InChI is InChI=1S/C21H22ClFN4O3/c1-30-21(29)17-11-15-16(22)10-14(19(23)20(15)25-17)13-4-2-7-26(12-13)18(28)5-9-27-8-3-6-24-27/h3,6,8,10-11,13,25H,2,4-5,7,9,12H2,1H3. The van der Waals surface area contributed by atoms with Gasteiger partial charge in [-0.3, -0.25) is 9.48 Å². The van der Waals surface area contributed by atoms with Crippen LogP contribution in [0, 0.1) is 5.82 Å². The first-order valence-corrected chi connectivity index (χ1v) is 10.2. The number of amides is 1. The van der Waals surface area contributed by atoms with Gasteiger partial charge in [-0.2, -0.15) is 5.10 Å². The van der Waals surface area contributed by atoms with E-state index in [1.54, 1.807) is 21.8 Å². The number of aryl methyl sites for hydroxylation is 1. The van der Waals surface area contributed by atoms with E-state index in [1.165, 1.54) is 13.2 Å². The van der Waals surface area contributed by atoms with Crippen molar-refractivity contribution in [3.05, 3.63) is 52.7 Å². The van der Waals surface area contributed by atoms with Gasteiger partial charge in [-0.15, -0.1) is 0 Å². The largest absolute Gasteiger partial charge is 0.464 e. The van der Waals surface area contributed by atoms with Crippen molar-refractivity contribution < 1.29 is 18.7 Å². The molecule has 1 N–H and O–H groups in total. The molecular weight excluding hydrogens is 411 g/mol. The lowest BCUT2D eigenvalue weighted by Gasteiger charge is -2.33. The molecule has 0 saturated carbocycles. The Morgan fingerprint density at radius 3 is 2.97 bits per heavy atom. The summed E-state index contributed by atoms with van der Waals surface area (Å²) in [5.74, 6) is -1.18. The van der Waals surface area contributed by atoms with Crippen LogP contribution in [-0.2, 0) is 16.1 Å². The molecule has 1 fully saturated rings. The molecule has 158 valence electrons. The lowest BCUT2D eigenvalue weighted by Crippen LogP contribution is -2.39. The van der Waals surface area contributed by atoms with Crippen molar-refractivity contribution in [2.75, 3.05) is 20.2 Å². The molecule has 1 saturated heterocycles. The molecule has 1 aliphatic rings. The lowest BCUT2D eigenvalue weighted by molar-refractivity contribution is -0.132. The summed E-state index contributed by atoms with van der Waals surface area (Å²) in [4.78, 5) is 29.0. The van der Waals surface area contributed by atoms with Crippen molar-refractivity contribution >= 4 is 34.4 Å². The van der Waals surface area contributed by atoms with Crippen molar-refractivity contribution in [2.45, 2.75) is 31.7 Å². The third kappa shape index (κ3) is 3.92. The fourth-order valence-corrected chi connectivity index (χ4v) is 4.28. The minimum absolute atomic E-state index is 0.0237. The number of aromatic amines is 1. The predicted molar refractivity (Wildman–Crippen MR) is 110 cm³/mol. The summed E-state index contributed by atoms with van der Waals surface area (Å²) < 4.78 is 21.7. The molecule has 4 rings (SSSR count). The smallest absolute Gasteiger partial charge is 0.354 e. The van der Waals surface area contributed by atoms with Crippen LogP contribution < -0.4 is 0 Å². The lowest BCUT2D eigenvalue weighted by atomic mass is 9.89. The van der Waals surface area contributed by atoms with Crippen molar-refractivity contribution in [1.82, 2.24) is 19.7 Å². The van der Waals surface area contributed by atoms with Gasteiger partial charge in [0.1, 0.15) is 5.69 Å². The molecule has 3 heterocycles. The molecular formula is C21H22ClFN4O3. The van der Waals surface area contributed by atoms with Crippen LogP contribution in [0.3, 0.4) is 0 Å². The van der Waals surface area contributed by atoms with Crippen LogP contribution >= 0.6 is 11.6 Å². The van der Waals surface area contributed by atoms with Crippen LogP contribution in [-0.4, -0.2) is 51.7 Å². The van der Waals surface area contributed by atoms with Crippen LogP contribution in [0.1, 0.15) is 41.2 Å². The average Bonchev–Trinajstić information content (AvgIpc) is 3.44. The quantitative estimate of drug-likeness (QED) is 0.623. The molecule has 1 amide bonds. The van der Waals surface area contributed by atoms with Crippen LogP contribution in [0.4, 0.5) is 4.39 Å². The number of benzene rings is 1. The van der Waals surface area contributed by atoms with Gasteiger partial charge in [0.2, 0.25) is 5.91 Å². The molecule has 7 nitrogen and oxygen atoms in total. The highest BCUT2D eigenvalue weighted by molar-refractivity contribution is 6.35. The number of methoxy groups -OCH3 is 1. The van der Waals surface area contributed by atoms with Crippen molar-refractivity contribution in [2.24, 2.45) is 0 Å². The molecule has 0 bridgehead atoms. The number of likely N-dealkylation sites (tertiary alicyclic amines) is 1.